The van der Waals surface area contributed by atoms with Gasteiger partial charge in [-0.15, -0.1) is 0 Å². The molecule has 0 aliphatic carbocycles. The summed E-state index contributed by atoms with van der Waals surface area (Å²) in [4.78, 5) is 15.7. The molecule has 1 aromatic heterocycles. The number of carbonyl (C=O) groups is 1. The minimum absolute atomic E-state index is 0.171. The highest BCUT2D eigenvalue weighted by molar-refractivity contribution is 5.90. The number of aromatic amines is 1. The number of aromatic nitrogens is 3. The number of rotatable bonds is 5. The Balaban J connectivity index is 2.16. The average molecular weight is 276 g/mol. The fourth-order valence-electron chi connectivity index (χ4n) is 1.83. The molecule has 0 bridgehead atoms. The smallest absolute Gasteiger partial charge is 0.289 e. The van der Waals surface area contributed by atoms with Gasteiger partial charge < -0.3 is 14.8 Å². The molecule has 0 aliphatic rings. The monoisotopic (exact) mass is 276 g/mol. The van der Waals surface area contributed by atoms with Gasteiger partial charge in [0, 0.05) is 11.6 Å². The van der Waals surface area contributed by atoms with Gasteiger partial charge in [-0.05, 0) is 19.1 Å². The van der Waals surface area contributed by atoms with Crippen molar-refractivity contribution in [2.75, 3.05) is 14.2 Å². The van der Waals surface area contributed by atoms with Crippen LogP contribution in [0.2, 0.25) is 0 Å². The molecule has 1 unspecified atom stereocenters. The number of nitrogens with one attached hydrogen (secondary N) is 2. The molecule has 7 nitrogen and oxygen atoms in total. The molecule has 0 spiro atoms. The van der Waals surface area contributed by atoms with Crippen LogP contribution in [0.1, 0.15) is 29.1 Å². The second-order valence-corrected chi connectivity index (χ2v) is 4.14. The predicted molar refractivity (Wildman–Crippen MR) is 71.8 cm³/mol. The third kappa shape index (κ3) is 2.87. The highest BCUT2D eigenvalue weighted by atomic mass is 16.5. The first-order valence-corrected chi connectivity index (χ1v) is 6.04. The molecule has 2 N–H and O–H groups in total. The summed E-state index contributed by atoms with van der Waals surface area (Å²) in [5.74, 6) is 1.19. The zero-order valence-electron chi connectivity index (χ0n) is 11.5. The highest BCUT2D eigenvalue weighted by Crippen LogP contribution is 2.29. The van der Waals surface area contributed by atoms with E-state index >= 15 is 0 Å². The lowest BCUT2D eigenvalue weighted by Gasteiger charge is -2.17. The van der Waals surface area contributed by atoms with E-state index in [0.29, 0.717) is 11.5 Å². The molecule has 1 heterocycles. The van der Waals surface area contributed by atoms with Crippen molar-refractivity contribution in [3.05, 3.63) is 35.9 Å². The molecule has 20 heavy (non-hydrogen) atoms. The van der Waals surface area contributed by atoms with E-state index in [2.05, 4.69) is 20.5 Å². The molecule has 1 amide bonds. The summed E-state index contributed by atoms with van der Waals surface area (Å²) >= 11 is 0. The van der Waals surface area contributed by atoms with Crippen LogP contribution in [0, 0.1) is 0 Å². The van der Waals surface area contributed by atoms with Crippen molar-refractivity contribution >= 4 is 5.91 Å². The Labute approximate surface area is 116 Å². The maximum Gasteiger partial charge on any atom is 0.289 e. The molecule has 7 heteroatoms. The Kier molecular flexibility index (Phi) is 4.19. The van der Waals surface area contributed by atoms with E-state index in [1.54, 1.807) is 20.3 Å². The van der Waals surface area contributed by atoms with E-state index in [9.17, 15) is 4.79 Å². The van der Waals surface area contributed by atoms with Gasteiger partial charge in [0.15, 0.2) is 0 Å². The van der Waals surface area contributed by atoms with Crippen molar-refractivity contribution in [2.24, 2.45) is 0 Å². The van der Waals surface area contributed by atoms with Crippen molar-refractivity contribution in [1.82, 2.24) is 20.5 Å². The highest BCUT2D eigenvalue weighted by Gasteiger charge is 2.17. The maximum absolute atomic E-state index is 11.9. The largest absolute Gasteiger partial charge is 0.497 e. The standard InChI is InChI=1S/C13H16N4O3/c1-8(16-13(18)12-14-7-15-17-12)10-5-4-9(19-2)6-11(10)20-3/h4-8H,1-3H3,(H,16,18)(H,14,15,17). The fraction of sp³-hybridized carbons (Fsp3) is 0.308. The molecule has 2 rings (SSSR count). The first-order valence-electron chi connectivity index (χ1n) is 6.04. The van der Waals surface area contributed by atoms with Gasteiger partial charge in [-0.2, -0.15) is 5.10 Å². The van der Waals surface area contributed by atoms with Crippen LogP contribution >= 0.6 is 0 Å². The van der Waals surface area contributed by atoms with Gasteiger partial charge in [0.25, 0.3) is 5.91 Å². The van der Waals surface area contributed by atoms with Crippen LogP contribution in [0.4, 0.5) is 0 Å². The molecule has 2 aromatic rings. The summed E-state index contributed by atoms with van der Waals surface area (Å²) in [6.45, 7) is 1.86. The molecule has 106 valence electrons. The fourth-order valence-corrected chi connectivity index (χ4v) is 1.83. The van der Waals surface area contributed by atoms with E-state index in [0.717, 1.165) is 5.56 Å². The van der Waals surface area contributed by atoms with Crippen LogP contribution in [-0.4, -0.2) is 35.3 Å². The first-order chi connectivity index (χ1) is 9.65. The number of nitrogens with zero attached hydrogens (tertiary/aromatic N) is 2. The molecular weight excluding hydrogens is 260 g/mol. The van der Waals surface area contributed by atoms with Crippen LogP contribution in [-0.2, 0) is 0 Å². The number of ether oxygens (including phenoxy) is 2. The Morgan fingerprint density at radius 2 is 2.15 bits per heavy atom. The maximum atomic E-state index is 11.9. The van der Waals surface area contributed by atoms with Crippen molar-refractivity contribution in [1.29, 1.82) is 0 Å². The number of hydrogen-bond donors (Lipinski definition) is 2. The number of H-pyrrole nitrogens is 1. The Hall–Kier alpha value is -2.57. The van der Waals surface area contributed by atoms with E-state index in [4.69, 9.17) is 9.47 Å². The molecule has 0 saturated carbocycles. The first kappa shape index (κ1) is 13.9. The second-order valence-electron chi connectivity index (χ2n) is 4.14. The molecule has 0 radical (unpaired) electrons. The Bertz CT molecular complexity index is 583. The molecular formula is C13H16N4O3. The number of benzene rings is 1. The third-order valence-electron chi connectivity index (χ3n) is 2.88. The van der Waals surface area contributed by atoms with E-state index in [-0.39, 0.29) is 17.8 Å². The van der Waals surface area contributed by atoms with E-state index in [1.165, 1.54) is 6.33 Å². The summed E-state index contributed by atoms with van der Waals surface area (Å²) in [5, 5.41) is 8.97. The minimum atomic E-state index is -0.326. The van der Waals surface area contributed by atoms with Gasteiger partial charge in [-0.3, -0.25) is 9.89 Å². The molecule has 0 aliphatic heterocycles. The van der Waals surface area contributed by atoms with Gasteiger partial charge in [-0.25, -0.2) is 4.98 Å². The van der Waals surface area contributed by atoms with Gasteiger partial charge in [0.2, 0.25) is 5.82 Å². The number of amides is 1. The van der Waals surface area contributed by atoms with Crippen LogP contribution in [0.3, 0.4) is 0 Å². The van der Waals surface area contributed by atoms with Crippen LogP contribution in [0.15, 0.2) is 24.5 Å². The van der Waals surface area contributed by atoms with Crippen LogP contribution in [0.5, 0.6) is 11.5 Å². The second kappa shape index (κ2) is 6.05. The molecule has 0 saturated heterocycles. The SMILES string of the molecule is COc1ccc(C(C)NC(=O)c2ncn[nH]2)c(OC)c1. The minimum Gasteiger partial charge on any atom is -0.497 e. The zero-order valence-corrected chi connectivity index (χ0v) is 11.5. The lowest BCUT2D eigenvalue weighted by atomic mass is 10.1. The van der Waals surface area contributed by atoms with Crippen molar-refractivity contribution in [2.45, 2.75) is 13.0 Å². The van der Waals surface area contributed by atoms with Crippen molar-refractivity contribution in [3.8, 4) is 11.5 Å². The lowest BCUT2D eigenvalue weighted by Crippen LogP contribution is -2.27. The topological polar surface area (TPSA) is 89.1 Å². The van der Waals surface area contributed by atoms with Gasteiger partial charge in [0.05, 0.1) is 20.3 Å². The van der Waals surface area contributed by atoms with Gasteiger partial charge in [0.1, 0.15) is 17.8 Å². The number of methoxy groups -OCH3 is 2. The summed E-state index contributed by atoms with van der Waals surface area (Å²) in [7, 11) is 3.16. The predicted octanol–water partition coefficient (Wildman–Crippen LogP) is 1.31. The average Bonchev–Trinajstić information content (AvgIpc) is 3.00. The van der Waals surface area contributed by atoms with Gasteiger partial charge in [-0.1, -0.05) is 0 Å². The summed E-state index contributed by atoms with van der Waals surface area (Å²) < 4.78 is 10.5. The molecule has 1 atom stereocenters. The van der Waals surface area contributed by atoms with Crippen LogP contribution in [0.25, 0.3) is 0 Å². The molecule has 0 fully saturated rings. The van der Waals surface area contributed by atoms with Crippen molar-refractivity contribution < 1.29 is 14.3 Å². The third-order valence-corrected chi connectivity index (χ3v) is 2.88. The Morgan fingerprint density at radius 3 is 2.75 bits per heavy atom. The lowest BCUT2D eigenvalue weighted by molar-refractivity contribution is 0.0929. The van der Waals surface area contributed by atoms with Gasteiger partial charge >= 0.3 is 0 Å². The normalized spacial score (nSPS) is 11.8. The van der Waals surface area contributed by atoms with Crippen LogP contribution < -0.4 is 14.8 Å². The summed E-state index contributed by atoms with van der Waals surface area (Å²) in [6.07, 6.45) is 1.29. The number of carbonyl (C=O) groups excluding carboxylic acids is 1. The quantitative estimate of drug-likeness (QED) is 0.859. The zero-order chi connectivity index (χ0) is 14.5. The van der Waals surface area contributed by atoms with Crippen molar-refractivity contribution in [3.63, 3.8) is 0 Å². The molecule has 1 aromatic carbocycles. The summed E-state index contributed by atoms with van der Waals surface area (Å²) in [5.41, 5.74) is 0.848. The Morgan fingerprint density at radius 1 is 1.35 bits per heavy atom. The summed E-state index contributed by atoms with van der Waals surface area (Å²) in [6, 6.07) is 5.19. The van der Waals surface area contributed by atoms with E-state index < -0.39 is 0 Å². The number of hydrogen-bond acceptors (Lipinski definition) is 5. The van der Waals surface area contributed by atoms with E-state index in [1.807, 2.05) is 19.1 Å².